The molecule has 70 valence electrons. The van der Waals surface area contributed by atoms with Gasteiger partial charge in [0.25, 0.3) is 0 Å². The third-order valence-corrected chi connectivity index (χ3v) is 2.00. The maximum atomic E-state index is 10.8. The number of carbonyl (C=O) groups excluding carboxylic acids is 1. The summed E-state index contributed by atoms with van der Waals surface area (Å²) in [6.07, 6.45) is 2.96. The van der Waals surface area contributed by atoms with Crippen LogP contribution in [0.15, 0.2) is 23.0 Å². The lowest BCUT2D eigenvalue weighted by Gasteiger charge is -1.98. The molecule has 0 aliphatic rings. The molecule has 1 N–H and O–H groups in total. The first-order chi connectivity index (χ1) is 6.33. The minimum Gasteiger partial charge on any atom is -0.450 e. The van der Waals surface area contributed by atoms with Gasteiger partial charge in [0.1, 0.15) is 0 Å². The maximum absolute atomic E-state index is 10.8. The minimum atomic E-state index is -0.422. The molecule has 0 atom stereocenters. The van der Waals surface area contributed by atoms with Crippen molar-refractivity contribution in [3.63, 3.8) is 0 Å². The molecule has 0 spiro atoms. The second kappa shape index (κ2) is 5.37. The van der Waals surface area contributed by atoms with E-state index in [1.807, 2.05) is 22.9 Å². The predicted octanol–water partition coefficient (Wildman–Crippen LogP) is 2.46. The van der Waals surface area contributed by atoms with Crippen molar-refractivity contribution >= 4 is 23.5 Å². The van der Waals surface area contributed by atoms with Gasteiger partial charge in [-0.05, 0) is 35.4 Å². The third kappa shape index (κ3) is 3.75. The zero-order valence-corrected chi connectivity index (χ0v) is 8.14. The van der Waals surface area contributed by atoms with Gasteiger partial charge in [0.05, 0.1) is 6.61 Å². The van der Waals surface area contributed by atoms with Gasteiger partial charge < -0.3 is 4.74 Å². The van der Waals surface area contributed by atoms with Crippen molar-refractivity contribution in [2.24, 2.45) is 0 Å². The van der Waals surface area contributed by atoms with Crippen LogP contribution in [0.1, 0.15) is 12.5 Å². The Bertz CT molecular complexity index is 280. The van der Waals surface area contributed by atoms with Crippen LogP contribution in [0.25, 0.3) is 6.08 Å². The smallest absolute Gasteiger partial charge is 0.411 e. The van der Waals surface area contributed by atoms with Crippen LogP contribution < -0.4 is 5.32 Å². The van der Waals surface area contributed by atoms with E-state index in [-0.39, 0.29) is 0 Å². The number of nitrogens with one attached hydrogen (secondary N) is 1. The minimum absolute atomic E-state index is 0.387. The molecular weight excluding hydrogens is 186 g/mol. The summed E-state index contributed by atoms with van der Waals surface area (Å²) in [5.74, 6) is 0. The van der Waals surface area contributed by atoms with Crippen molar-refractivity contribution in [2.75, 3.05) is 6.61 Å². The molecule has 0 aliphatic carbocycles. The SMILES string of the molecule is CCOC(=O)N/C=C/c1ccsc1. The Morgan fingerprint density at radius 3 is 3.23 bits per heavy atom. The van der Waals surface area contributed by atoms with Crippen molar-refractivity contribution in [1.82, 2.24) is 5.32 Å². The highest BCUT2D eigenvalue weighted by molar-refractivity contribution is 7.08. The first-order valence-corrected chi connectivity index (χ1v) is 4.89. The van der Waals surface area contributed by atoms with Gasteiger partial charge in [0.2, 0.25) is 0 Å². The monoisotopic (exact) mass is 197 g/mol. The standard InChI is InChI=1S/C9H11NO2S/c1-2-12-9(11)10-5-3-8-4-6-13-7-8/h3-7H,2H2,1H3,(H,10,11)/b5-3+. The van der Waals surface area contributed by atoms with Gasteiger partial charge in [-0.1, -0.05) is 0 Å². The molecular formula is C9H11NO2S. The van der Waals surface area contributed by atoms with Crippen molar-refractivity contribution < 1.29 is 9.53 Å². The molecule has 1 aromatic rings. The van der Waals surface area contributed by atoms with Gasteiger partial charge in [-0.25, -0.2) is 4.79 Å². The Hall–Kier alpha value is -1.29. The normalized spacial score (nSPS) is 10.2. The molecule has 0 unspecified atom stereocenters. The molecule has 1 heterocycles. The lowest BCUT2D eigenvalue weighted by atomic mass is 10.3. The van der Waals surface area contributed by atoms with Crippen LogP contribution in [-0.4, -0.2) is 12.7 Å². The van der Waals surface area contributed by atoms with E-state index in [0.717, 1.165) is 5.56 Å². The molecule has 1 rings (SSSR count). The summed E-state index contributed by atoms with van der Waals surface area (Å²) in [4.78, 5) is 10.8. The van der Waals surface area contributed by atoms with Crippen molar-refractivity contribution in [2.45, 2.75) is 6.92 Å². The fourth-order valence-electron chi connectivity index (χ4n) is 0.749. The average Bonchev–Trinajstić information content (AvgIpc) is 2.57. The van der Waals surface area contributed by atoms with E-state index in [1.165, 1.54) is 0 Å². The number of amides is 1. The second-order valence-corrected chi connectivity index (χ2v) is 3.03. The van der Waals surface area contributed by atoms with E-state index >= 15 is 0 Å². The summed E-state index contributed by atoms with van der Waals surface area (Å²) in [5.41, 5.74) is 1.07. The molecule has 0 bridgehead atoms. The van der Waals surface area contributed by atoms with Gasteiger partial charge in [-0.3, -0.25) is 5.32 Å². The summed E-state index contributed by atoms with van der Waals surface area (Å²) >= 11 is 1.61. The third-order valence-electron chi connectivity index (χ3n) is 1.30. The van der Waals surface area contributed by atoms with E-state index in [0.29, 0.717) is 6.61 Å². The number of alkyl carbamates (subject to hydrolysis) is 1. The van der Waals surface area contributed by atoms with E-state index in [1.54, 1.807) is 24.5 Å². The highest BCUT2D eigenvalue weighted by atomic mass is 32.1. The Kier molecular flexibility index (Phi) is 4.05. The number of thiophene rings is 1. The largest absolute Gasteiger partial charge is 0.450 e. The van der Waals surface area contributed by atoms with Crippen LogP contribution in [0, 0.1) is 0 Å². The highest BCUT2D eigenvalue weighted by Gasteiger charge is 1.93. The molecule has 0 radical (unpaired) electrons. The zero-order chi connectivity index (χ0) is 9.52. The number of rotatable bonds is 3. The molecule has 0 saturated carbocycles. The van der Waals surface area contributed by atoms with Gasteiger partial charge >= 0.3 is 6.09 Å². The zero-order valence-electron chi connectivity index (χ0n) is 7.32. The molecule has 0 fully saturated rings. The van der Waals surface area contributed by atoms with Crippen LogP contribution in [0.3, 0.4) is 0 Å². The lowest BCUT2D eigenvalue weighted by Crippen LogP contribution is -2.17. The average molecular weight is 197 g/mol. The predicted molar refractivity (Wildman–Crippen MR) is 53.5 cm³/mol. The molecule has 13 heavy (non-hydrogen) atoms. The van der Waals surface area contributed by atoms with E-state index in [4.69, 9.17) is 0 Å². The van der Waals surface area contributed by atoms with Crippen LogP contribution in [-0.2, 0) is 4.74 Å². The summed E-state index contributed by atoms with van der Waals surface area (Å²) in [5, 5.41) is 6.45. The molecule has 0 aromatic carbocycles. The number of carbonyl (C=O) groups is 1. The Morgan fingerprint density at radius 1 is 1.77 bits per heavy atom. The van der Waals surface area contributed by atoms with E-state index < -0.39 is 6.09 Å². The summed E-state index contributed by atoms with van der Waals surface area (Å²) < 4.78 is 4.66. The van der Waals surface area contributed by atoms with E-state index in [2.05, 4.69) is 10.1 Å². The second-order valence-electron chi connectivity index (χ2n) is 2.25. The van der Waals surface area contributed by atoms with Crippen LogP contribution >= 0.6 is 11.3 Å². The Labute approximate surface area is 81.0 Å². The molecule has 1 aromatic heterocycles. The molecule has 0 saturated heterocycles. The van der Waals surface area contributed by atoms with E-state index in [9.17, 15) is 4.79 Å². The van der Waals surface area contributed by atoms with Crippen molar-refractivity contribution in [3.8, 4) is 0 Å². The summed E-state index contributed by atoms with van der Waals surface area (Å²) in [6.45, 7) is 2.15. The Morgan fingerprint density at radius 2 is 2.62 bits per heavy atom. The van der Waals surface area contributed by atoms with Gasteiger partial charge in [-0.2, -0.15) is 11.3 Å². The van der Waals surface area contributed by atoms with Gasteiger partial charge in [0, 0.05) is 6.20 Å². The number of ether oxygens (including phenoxy) is 1. The first kappa shape index (κ1) is 9.80. The summed E-state index contributed by atoms with van der Waals surface area (Å²) in [6, 6.07) is 1.97. The maximum Gasteiger partial charge on any atom is 0.411 e. The fourth-order valence-corrected chi connectivity index (χ4v) is 1.38. The van der Waals surface area contributed by atoms with Gasteiger partial charge in [-0.15, -0.1) is 0 Å². The fraction of sp³-hybridized carbons (Fsp3) is 0.222. The van der Waals surface area contributed by atoms with Crippen molar-refractivity contribution in [1.29, 1.82) is 0 Å². The quantitative estimate of drug-likeness (QED) is 0.808. The number of hydrogen-bond donors (Lipinski definition) is 1. The topological polar surface area (TPSA) is 38.3 Å². The van der Waals surface area contributed by atoms with Crippen LogP contribution in [0.5, 0.6) is 0 Å². The molecule has 4 heteroatoms. The van der Waals surface area contributed by atoms with Gasteiger partial charge in [0.15, 0.2) is 0 Å². The number of hydrogen-bond acceptors (Lipinski definition) is 3. The molecule has 3 nitrogen and oxygen atoms in total. The molecule has 0 aliphatic heterocycles. The van der Waals surface area contributed by atoms with Crippen LogP contribution in [0.2, 0.25) is 0 Å². The van der Waals surface area contributed by atoms with Crippen LogP contribution in [0.4, 0.5) is 4.79 Å². The lowest BCUT2D eigenvalue weighted by molar-refractivity contribution is 0.156. The van der Waals surface area contributed by atoms with Crippen molar-refractivity contribution in [3.05, 3.63) is 28.6 Å². The summed E-state index contributed by atoms with van der Waals surface area (Å²) in [7, 11) is 0. The molecule has 1 amide bonds. The highest BCUT2D eigenvalue weighted by Crippen LogP contribution is 2.06. The first-order valence-electron chi connectivity index (χ1n) is 3.95. The Balaban J connectivity index is 2.30.